The standard InChI is InChI=1S/C20H17N5O5S2/c21-13-14-2-1-3-17(12-14)24-20(26)23-15-4-10-19(11-5-15)32(29,30)25-16-6-8-18(9-7-16)31(22,27)28/h1-12,25H,(H2,22,27,28)(H2,23,24,26). The van der Waals surface area contributed by atoms with Crippen LogP contribution < -0.4 is 20.5 Å². The quantitative estimate of drug-likeness (QED) is 0.430. The van der Waals surface area contributed by atoms with Crippen LogP contribution in [0.5, 0.6) is 0 Å². The average Bonchev–Trinajstić information content (AvgIpc) is 2.73. The van der Waals surface area contributed by atoms with Gasteiger partial charge in [0, 0.05) is 17.1 Å². The Hall–Kier alpha value is -3.92. The van der Waals surface area contributed by atoms with Crippen molar-refractivity contribution in [3.63, 3.8) is 0 Å². The second-order valence-corrected chi connectivity index (χ2v) is 9.71. The predicted octanol–water partition coefficient (Wildman–Crippen LogP) is 2.65. The molecule has 0 aliphatic rings. The fourth-order valence-corrected chi connectivity index (χ4v) is 4.18. The Morgan fingerprint density at radius 2 is 1.34 bits per heavy atom. The molecule has 0 unspecified atom stereocenters. The summed E-state index contributed by atoms with van der Waals surface area (Å²) in [5.74, 6) is 0. The van der Waals surface area contributed by atoms with Gasteiger partial charge in [-0.05, 0) is 66.7 Å². The Balaban J connectivity index is 1.66. The molecule has 2 amide bonds. The third-order valence-corrected chi connectivity index (χ3v) is 6.43. The number of urea groups is 1. The largest absolute Gasteiger partial charge is 0.323 e. The van der Waals surface area contributed by atoms with E-state index in [-0.39, 0.29) is 15.5 Å². The Labute approximate surface area is 184 Å². The number of nitrogens with two attached hydrogens (primary N) is 1. The monoisotopic (exact) mass is 471 g/mol. The minimum Gasteiger partial charge on any atom is -0.308 e. The van der Waals surface area contributed by atoms with Crippen molar-refractivity contribution in [3.05, 3.63) is 78.4 Å². The zero-order chi connectivity index (χ0) is 23.4. The third-order valence-electron chi connectivity index (χ3n) is 4.11. The van der Waals surface area contributed by atoms with E-state index in [0.717, 1.165) is 0 Å². The molecule has 164 valence electrons. The first-order valence-corrected chi connectivity index (χ1v) is 11.9. The second kappa shape index (κ2) is 9.06. The number of nitriles is 1. The molecule has 0 spiro atoms. The molecule has 0 aromatic heterocycles. The summed E-state index contributed by atoms with van der Waals surface area (Å²) in [4.78, 5) is 11.9. The molecular formula is C20H17N5O5S2. The molecule has 0 atom stereocenters. The zero-order valence-electron chi connectivity index (χ0n) is 16.3. The number of sulfonamides is 2. The van der Waals surface area contributed by atoms with Gasteiger partial charge in [-0.2, -0.15) is 5.26 Å². The fourth-order valence-electron chi connectivity index (χ4n) is 2.60. The molecular weight excluding hydrogens is 454 g/mol. The van der Waals surface area contributed by atoms with Crippen LogP contribution >= 0.6 is 0 Å². The molecule has 5 N–H and O–H groups in total. The first-order chi connectivity index (χ1) is 15.1. The Bertz CT molecular complexity index is 1400. The summed E-state index contributed by atoms with van der Waals surface area (Å²) in [6.45, 7) is 0. The van der Waals surface area contributed by atoms with Crippen LogP contribution in [0.25, 0.3) is 0 Å². The number of rotatable bonds is 6. The van der Waals surface area contributed by atoms with Gasteiger partial charge in [0.05, 0.1) is 21.4 Å². The summed E-state index contributed by atoms with van der Waals surface area (Å²) in [6, 6.07) is 18.1. The number of nitrogens with zero attached hydrogens (tertiary/aromatic N) is 1. The topological polar surface area (TPSA) is 171 Å². The minimum atomic E-state index is -3.95. The smallest absolute Gasteiger partial charge is 0.308 e. The highest BCUT2D eigenvalue weighted by atomic mass is 32.2. The number of nitrogens with one attached hydrogen (secondary N) is 3. The summed E-state index contributed by atoms with van der Waals surface area (Å²) in [5, 5.41) is 19.0. The highest BCUT2D eigenvalue weighted by molar-refractivity contribution is 7.92. The van der Waals surface area contributed by atoms with E-state index < -0.39 is 26.1 Å². The van der Waals surface area contributed by atoms with Crippen LogP contribution in [0.15, 0.2) is 82.6 Å². The van der Waals surface area contributed by atoms with Gasteiger partial charge in [-0.15, -0.1) is 0 Å². The number of amides is 2. The Morgan fingerprint density at radius 1 is 0.781 bits per heavy atom. The third kappa shape index (κ3) is 5.82. The van der Waals surface area contributed by atoms with Crippen LogP contribution in [0.4, 0.5) is 21.9 Å². The molecule has 3 aromatic carbocycles. The molecule has 10 nitrogen and oxygen atoms in total. The summed E-state index contributed by atoms with van der Waals surface area (Å²) in [5.41, 5.74) is 1.32. The van der Waals surface area contributed by atoms with Gasteiger partial charge in [0.1, 0.15) is 0 Å². The van der Waals surface area contributed by atoms with E-state index in [0.29, 0.717) is 16.9 Å². The van der Waals surface area contributed by atoms with Crippen molar-refractivity contribution >= 4 is 43.1 Å². The second-order valence-electron chi connectivity index (χ2n) is 6.47. The number of anilines is 3. The van der Waals surface area contributed by atoms with Gasteiger partial charge >= 0.3 is 6.03 Å². The minimum absolute atomic E-state index is 0.0688. The number of carbonyl (C=O) groups excluding carboxylic acids is 1. The average molecular weight is 472 g/mol. The van der Waals surface area contributed by atoms with E-state index in [1.807, 2.05) is 6.07 Å². The lowest BCUT2D eigenvalue weighted by molar-refractivity contribution is 0.262. The van der Waals surface area contributed by atoms with Gasteiger partial charge in [0.15, 0.2) is 0 Å². The van der Waals surface area contributed by atoms with E-state index in [1.54, 1.807) is 18.2 Å². The van der Waals surface area contributed by atoms with Crippen molar-refractivity contribution < 1.29 is 21.6 Å². The SMILES string of the molecule is N#Cc1cccc(NC(=O)Nc2ccc(S(=O)(=O)Nc3ccc(S(N)(=O)=O)cc3)cc2)c1. The van der Waals surface area contributed by atoms with Crippen molar-refractivity contribution in [1.82, 2.24) is 0 Å². The Morgan fingerprint density at radius 3 is 1.94 bits per heavy atom. The van der Waals surface area contributed by atoms with Gasteiger partial charge in [-0.25, -0.2) is 26.8 Å². The van der Waals surface area contributed by atoms with E-state index >= 15 is 0 Å². The molecule has 0 heterocycles. The normalized spacial score (nSPS) is 11.2. The Kier molecular flexibility index (Phi) is 6.45. The van der Waals surface area contributed by atoms with E-state index in [1.165, 1.54) is 54.6 Å². The molecule has 0 fully saturated rings. The highest BCUT2D eigenvalue weighted by Gasteiger charge is 2.15. The summed E-state index contributed by atoms with van der Waals surface area (Å²) >= 11 is 0. The van der Waals surface area contributed by atoms with Crippen molar-refractivity contribution in [3.8, 4) is 6.07 Å². The lowest BCUT2D eigenvalue weighted by Crippen LogP contribution is -2.19. The molecule has 12 heteroatoms. The van der Waals surface area contributed by atoms with Crippen LogP contribution in [-0.2, 0) is 20.0 Å². The van der Waals surface area contributed by atoms with Crippen LogP contribution in [0.1, 0.15) is 5.56 Å². The lowest BCUT2D eigenvalue weighted by atomic mass is 10.2. The summed E-state index contributed by atoms with van der Waals surface area (Å²) in [7, 11) is -7.84. The van der Waals surface area contributed by atoms with Gasteiger partial charge < -0.3 is 10.6 Å². The first-order valence-electron chi connectivity index (χ1n) is 8.91. The summed E-state index contributed by atoms with van der Waals surface area (Å²) < 4.78 is 50.0. The van der Waals surface area contributed by atoms with Crippen molar-refractivity contribution in [1.29, 1.82) is 5.26 Å². The number of primary sulfonamides is 1. The molecule has 0 bridgehead atoms. The molecule has 0 aliphatic heterocycles. The summed E-state index contributed by atoms with van der Waals surface area (Å²) in [6.07, 6.45) is 0. The van der Waals surface area contributed by atoms with Gasteiger partial charge in [0.25, 0.3) is 10.0 Å². The predicted molar refractivity (Wildman–Crippen MR) is 119 cm³/mol. The van der Waals surface area contributed by atoms with Crippen molar-refractivity contribution in [2.45, 2.75) is 9.79 Å². The van der Waals surface area contributed by atoms with E-state index in [2.05, 4.69) is 15.4 Å². The van der Waals surface area contributed by atoms with Gasteiger partial charge in [0.2, 0.25) is 10.0 Å². The van der Waals surface area contributed by atoms with Gasteiger partial charge in [-0.3, -0.25) is 4.72 Å². The van der Waals surface area contributed by atoms with Crippen LogP contribution in [-0.4, -0.2) is 22.9 Å². The maximum Gasteiger partial charge on any atom is 0.323 e. The molecule has 0 saturated carbocycles. The molecule has 0 saturated heterocycles. The van der Waals surface area contributed by atoms with Crippen LogP contribution in [0, 0.1) is 11.3 Å². The van der Waals surface area contributed by atoms with Gasteiger partial charge in [-0.1, -0.05) is 6.07 Å². The van der Waals surface area contributed by atoms with E-state index in [4.69, 9.17) is 10.4 Å². The highest BCUT2D eigenvalue weighted by Crippen LogP contribution is 2.20. The number of benzene rings is 3. The maximum absolute atomic E-state index is 12.5. The van der Waals surface area contributed by atoms with Crippen molar-refractivity contribution in [2.24, 2.45) is 5.14 Å². The number of hydrogen-bond acceptors (Lipinski definition) is 6. The zero-order valence-corrected chi connectivity index (χ0v) is 17.9. The van der Waals surface area contributed by atoms with Crippen molar-refractivity contribution in [2.75, 3.05) is 15.4 Å². The number of hydrogen-bond donors (Lipinski definition) is 4. The maximum atomic E-state index is 12.5. The molecule has 32 heavy (non-hydrogen) atoms. The fraction of sp³-hybridized carbons (Fsp3) is 0. The number of carbonyl (C=O) groups is 1. The van der Waals surface area contributed by atoms with Crippen LogP contribution in [0.3, 0.4) is 0 Å². The lowest BCUT2D eigenvalue weighted by Gasteiger charge is -2.10. The van der Waals surface area contributed by atoms with E-state index in [9.17, 15) is 21.6 Å². The first kappa shape index (κ1) is 22.8. The molecule has 0 aliphatic carbocycles. The molecule has 3 aromatic rings. The molecule has 0 radical (unpaired) electrons. The molecule has 3 rings (SSSR count). The van der Waals surface area contributed by atoms with Crippen LogP contribution in [0.2, 0.25) is 0 Å².